The minimum absolute atomic E-state index is 0.173. The summed E-state index contributed by atoms with van der Waals surface area (Å²) in [6, 6.07) is 0.253. The third-order valence-electron chi connectivity index (χ3n) is 2.20. The Hall–Kier alpha value is -0.353. The van der Waals surface area contributed by atoms with E-state index in [2.05, 4.69) is 13.1 Å². The van der Waals surface area contributed by atoms with E-state index >= 15 is 0 Å². The van der Waals surface area contributed by atoms with Gasteiger partial charge >= 0.3 is 0 Å². The highest BCUT2D eigenvalue weighted by Gasteiger charge is 2.34. The second kappa shape index (κ2) is 3.18. The zero-order valence-corrected chi connectivity index (χ0v) is 9.26. The van der Waals surface area contributed by atoms with Gasteiger partial charge < -0.3 is 9.33 Å². The Bertz CT molecular complexity index is 193. The summed E-state index contributed by atoms with van der Waals surface area (Å²) in [5.74, 6) is 0.173. The molecule has 12 heavy (non-hydrogen) atoms. The fourth-order valence-corrected chi connectivity index (χ4v) is 3.61. The van der Waals surface area contributed by atoms with Crippen LogP contribution in [0.3, 0.4) is 0 Å². The molecule has 0 aliphatic carbocycles. The van der Waals surface area contributed by atoms with Crippen LogP contribution in [0.1, 0.15) is 13.8 Å². The predicted octanol–water partition coefficient (Wildman–Crippen LogP) is 0.998. The molecule has 1 fully saturated rings. The van der Waals surface area contributed by atoms with E-state index in [9.17, 15) is 4.79 Å². The van der Waals surface area contributed by atoms with Crippen LogP contribution in [-0.2, 0) is 9.22 Å². The van der Waals surface area contributed by atoms with Gasteiger partial charge in [0, 0.05) is 13.1 Å². The first-order valence-electron chi connectivity index (χ1n) is 4.33. The average molecular weight is 187 g/mol. The number of hydrogen-bond donors (Lipinski definition) is 0. The van der Waals surface area contributed by atoms with E-state index in [1.165, 1.54) is 0 Å². The first-order chi connectivity index (χ1) is 5.42. The monoisotopic (exact) mass is 187 g/mol. The standard InChI is InChI=1S/C8H17NO2Si/c1-7-5-11-12(3,4)6-9(7)8(2)10/h7H,5-6H2,1-4H3. The molecule has 0 aromatic carbocycles. The molecule has 1 atom stereocenters. The van der Waals surface area contributed by atoms with Gasteiger partial charge in [0.25, 0.3) is 0 Å². The van der Waals surface area contributed by atoms with Gasteiger partial charge in [-0.3, -0.25) is 4.79 Å². The van der Waals surface area contributed by atoms with Gasteiger partial charge in [0.15, 0.2) is 0 Å². The molecule has 70 valence electrons. The van der Waals surface area contributed by atoms with Crippen molar-refractivity contribution in [1.29, 1.82) is 0 Å². The lowest BCUT2D eigenvalue weighted by Gasteiger charge is -2.40. The normalized spacial score (nSPS) is 28.7. The zero-order chi connectivity index (χ0) is 9.35. The lowest BCUT2D eigenvalue weighted by atomic mass is 10.3. The molecule has 1 aliphatic rings. The maximum Gasteiger partial charge on any atom is 0.219 e. The van der Waals surface area contributed by atoms with Gasteiger partial charge in [-0.25, -0.2) is 0 Å². The number of rotatable bonds is 0. The lowest BCUT2D eigenvalue weighted by molar-refractivity contribution is -0.131. The van der Waals surface area contributed by atoms with Crippen molar-refractivity contribution in [3.05, 3.63) is 0 Å². The topological polar surface area (TPSA) is 29.5 Å². The lowest BCUT2D eigenvalue weighted by Crippen LogP contribution is -2.57. The molecule has 1 unspecified atom stereocenters. The van der Waals surface area contributed by atoms with Gasteiger partial charge in [-0.15, -0.1) is 0 Å². The molecule has 1 heterocycles. The van der Waals surface area contributed by atoms with E-state index in [0.29, 0.717) is 6.61 Å². The number of carbonyl (C=O) groups is 1. The molecule has 0 spiro atoms. The van der Waals surface area contributed by atoms with Crippen LogP contribution < -0.4 is 0 Å². The first kappa shape index (κ1) is 9.73. The van der Waals surface area contributed by atoms with Crippen molar-refractivity contribution < 1.29 is 9.22 Å². The van der Waals surface area contributed by atoms with Crippen LogP contribution in [0.4, 0.5) is 0 Å². The second-order valence-electron chi connectivity index (χ2n) is 4.07. The van der Waals surface area contributed by atoms with Crippen molar-refractivity contribution in [3.8, 4) is 0 Å². The number of nitrogens with zero attached hydrogens (tertiary/aromatic N) is 1. The van der Waals surface area contributed by atoms with E-state index in [0.717, 1.165) is 6.17 Å². The molecule has 0 bridgehead atoms. The molecule has 1 saturated heterocycles. The maximum absolute atomic E-state index is 11.2. The maximum atomic E-state index is 11.2. The van der Waals surface area contributed by atoms with Crippen LogP contribution in [0, 0.1) is 0 Å². The summed E-state index contributed by atoms with van der Waals surface area (Å²) in [5.41, 5.74) is 0. The summed E-state index contributed by atoms with van der Waals surface area (Å²) in [4.78, 5) is 13.1. The Morgan fingerprint density at radius 3 is 2.58 bits per heavy atom. The van der Waals surface area contributed by atoms with Crippen molar-refractivity contribution in [2.45, 2.75) is 33.0 Å². The molecular formula is C8H17NO2Si. The molecule has 0 saturated carbocycles. The van der Waals surface area contributed by atoms with E-state index in [1.54, 1.807) is 6.92 Å². The fraction of sp³-hybridized carbons (Fsp3) is 0.875. The fourth-order valence-electron chi connectivity index (χ4n) is 1.47. The van der Waals surface area contributed by atoms with Crippen LogP contribution >= 0.6 is 0 Å². The quantitative estimate of drug-likeness (QED) is 0.529. The zero-order valence-electron chi connectivity index (χ0n) is 8.26. The molecule has 0 aromatic heterocycles. The van der Waals surface area contributed by atoms with Gasteiger partial charge in [0.1, 0.15) is 0 Å². The molecule has 1 aliphatic heterocycles. The summed E-state index contributed by atoms with van der Waals surface area (Å²) in [6.45, 7) is 8.67. The van der Waals surface area contributed by atoms with E-state index in [1.807, 2.05) is 11.8 Å². The molecule has 1 rings (SSSR count). The van der Waals surface area contributed by atoms with E-state index in [-0.39, 0.29) is 11.9 Å². The third kappa shape index (κ3) is 2.07. The molecule has 3 nitrogen and oxygen atoms in total. The summed E-state index contributed by atoms with van der Waals surface area (Å²) in [5, 5.41) is 0. The Morgan fingerprint density at radius 1 is 1.58 bits per heavy atom. The summed E-state index contributed by atoms with van der Waals surface area (Å²) in [7, 11) is -1.55. The van der Waals surface area contributed by atoms with Crippen LogP contribution in [0.2, 0.25) is 13.1 Å². The Balaban J connectivity index is 2.66. The predicted molar refractivity (Wildman–Crippen MR) is 50.3 cm³/mol. The van der Waals surface area contributed by atoms with Crippen LogP contribution in [0.5, 0.6) is 0 Å². The highest BCUT2D eigenvalue weighted by atomic mass is 28.4. The minimum Gasteiger partial charge on any atom is -0.414 e. The van der Waals surface area contributed by atoms with Crippen LogP contribution in [0.25, 0.3) is 0 Å². The van der Waals surface area contributed by atoms with E-state index < -0.39 is 8.32 Å². The number of hydrogen-bond acceptors (Lipinski definition) is 2. The summed E-state index contributed by atoms with van der Waals surface area (Å²) >= 11 is 0. The highest BCUT2D eigenvalue weighted by molar-refractivity contribution is 6.71. The van der Waals surface area contributed by atoms with Gasteiger partial charge in [-0.2, -0.15) is 0 Å². The van der Waals surface area contributed by atoms with E-state index in [4.69, 9.17) is 4.43 Å². The van der Waals surface area contributed by atoms with Gasteiger partial charge in [-0.05, 0) is 20.0 Å². The van der Waals surface area contributed by atoms with Gasteiger partial charge in [0.05, 0.1) is 12.6 Å². The molecule has 1 amide bonds. The van der Waals surface area contributed by atoms with Crippen molar-refractivity contribution >= 4 is 14.2 Å². The minimum atomic E-state index is -1.55. The van der Waals surface area contributed by atoms with Crippen LogP contribution in [0.15, 0.2) is 0 Å². The van der Waals surface area contributed by atoms with Crippen molar-refractivity contribution in [2.24, 2.45) is 0 Å². The first-order valence-corrected chi connectivity index (χ1v) is 7.45. The van der Waals surface area contributed by atoms with Gasteiger partial charge in [-0.1, -0.05) is 0 Å². The van der Waals surface area contributed by atoms with Gasteiger partial charge in [0.2, 0.25) is 14.2 Å². The van der Waals surface area contributed by atoms with Crippen LogP contribution in [-0.4, -0.2) is 37.9 Å². The second-order valence-corrected chi connectivity index (χ2v) is 8.19. The number of amides is 1. The molecule has 0 N–H and O–H groups in total. The SMILES string of the molecule is CC(=O)N1C[Si](C)(C)OCC1C. The molecule has 0 aromatic rings. The Kier molecular flexibility index (Phi) is 2.58. The number of carbonyl (C=O) groups excluding carboxylic acids is 1. The largest absolute Gasteiger partial charge is 0.414 e. The third-order valence-corrected chi connectivity index (χ3v) is 4.25. The summed E-state index contributed by atoms with van der Waals surface area (Å²) in [6.07, 6.45) is 0.837. The molecule has 4 heteroatoms. The van der Waals surface area contributed by atoms with Crippen molar-refractivity contribution in [3.63, 3.8) is 0 Å². The Labute approximate surface area is 74.8 Å². The van der Waals surface area contributed by atoms with Crippen molar-refractivity contribution in [1.82, 2.24) is 4.90 Å². The van der Waals surface area contributed by atoms with Crippen molar-refractivity contribution in [2.75, 3.05) is 12.8 Å². The molecular weight excluding hydrogens is 170 g/mol. The average Bonchev–Trinajstić information content (AvgIpc) is 1.94. The highest BCUT2D eigenvalue weighted by Crippen LogP contribution is 2.17. The Morgan fingerprint density at radius 2 is 2.17 bits per heavy atom. The summed E-state index contributed by atoms with van der Waals surface area (Å²) < 4.78 is 5.70. The smallest absolute Gasteiger partial charge is 0.219 e. The molecule has 0 radical (unpaired) electrons.